The fourth-order valence-corrected chi connectivity index (χ4v) is 4.98. The topological polar surface area (TPSA) is 110 Å². The molecular formula is C24H24N4O5S. The molecule has 0 unspecified atom stereocenters. The first-order chi connectivity index (χ1) is 16.5. The van der Waals surface area contributed by atoms with Crippen molar-refractivity contribution in [3.05, 3.63) is 71.9 Å². The van der Waals surface area contributed by atoms with Gasteiger partial charge in [-0.25, -0.2) is 18.1 Å². The third kappa shape index (κ3) is 4.82. The van der Waals surface area contributed by atoms with Crippen LogP contribution in [0.25, 0.3) is 0 Å². The SMILES string of the molecule is O=C(Nc1ccc(N2CCCC2)nc1)c1cccc(S(=O)(=O)NCc2ccc3c(c2)OCO3)c1. The zero-order chi connectivity index (χ0) is 23.5. The Morgan fingerprint density at radius 1 is 1.00 bits per heavy atom. The molecule has 0 saturated carbocycles. The van der Waals surface area contributed by atoms with E-state index in [-0.39, 0.29) is 23.8 Å². The predicted octanol–water partition coefficient (Wildman–Crippen LogP) is 3.14. The molecule has 1 fully saturated rings. The summed E-state index contributed by atoms with van der Waals surface area (Å²) in [4.78, 5) is 19.4. The summed E-state index contributed by atoms with van der Waals surface area (Å²) in [5, 5.41) is 2.78. The number of hydrogen-bond donors (Lipinski definition) is 2. The van der Waals surface area contributed by atoms with Crippen LogP contribution >= 0.6 is 0 Å². The first kappa shape index (κ1) is 22.2. The van der Waals surface area contributed by atoms with Gasteiger partial charge in [-0.1, -0.05) is 12.1 Å². The van der Waals surface area contributed by atoms with E-state index >= 15 is 0 Å². The second-order valence-corrected chi connectivity index (χ2v) is 9.86. The fourth-order valence-electron chi connectivity index (χ4n) is 3.91. The molecule has 0 spiro atoms. The number of anilines is 2. The Morgan fingerprint density at radius 3 is 2.62 bits per heavy atom. The molecule has 1 aromatic heterocycles. The summed E-state index contributed by atoms with van der Waals surface area (Å²) in [6.07, 6.45) is 3.93. The zero-order valence-corrected chi connectivity index (χ0v) is 19.2. The minimum Gasteiger partial charge on any atom is -0.454 e. The molecule has 10 heteroatoms. The highest BCUT2D eigenvalue weighted by Gasteiger charge is 2.19. The molecule has 1 saturated heterocycles. The van der Waals surface area contributed by atoms with Gasteiger partial charge in [0.25, 0.3) is 5.91 Å². The molecular weight excluding hydrogens is 456 g/mol. The van der Waals surface area contributed by atoms with E-state index in [4.69, 9.17) is 9.47 Å². The van der Waals surface area contributed by atoms with Gasteiger partial charge >= 0.3 is 0 Å². The van der Waals surface area contributed by atoms with Gasteiger partial charge in [-0.3, -0.25) is 4.79 Å². The van der Waals surface area contributed by atoms with Crippen molar-refractivity contribution in [1.29, 1.82) is 0 Å². The molecule has 34 heavy (non-hydrogen) atoms. The van der Waals surface area contributed by atoms with Crippen LogP contribution in [0.3, 0.4) is 0 Å². The molecule has 2 N–H and O–H groups in total. The standard InChI is InChI=1S/C24H24N4O5S/c29-24(27-19-7-9-23(25-15-19)28-10-1-2-11-28)18-4-3-5-20(13-18)34(30,31)26-14-17-6-8-21-22(12-17)33-16-32-21/h3-9,12-13,15,26H,1-2,10-11,14,16H2,(H,27,29). The lowest BCUT2D eigenvalue weighted by molar-refractivity contribution is 0.102. The van der Waals surface area contributed by atoms with Crippen molar-refractivity contribution in [1.82, 2.24) is 9.71 Å². The number of nitrogens with zero attached hydrogens (tertiary/aromatic N) is 2. The molecule has 2 aliphatic rings. The second kappa shape index (κ2) is 9.32. The van der Waals surface area contributed by atoms with Crippen LogP contribution in [0.1, 0.15) is 28.8 Å². The molecule has 3 aromatic rings. The number of fused-ring (bicyclic) bond motifs is 1. The number of carbonyl (C=O) groups is 1. The Hall–Kier alpha value is -3.63. The van der Waals surface area contributed by atoms with Gasteiger partial charge < -0.3 is 19.7 Å². The van der Waals surface area contributed by atoms with Crippen molar-refractivity contribution in [2.75, 3.05) is 30.1 Å². The first-order valence-electron chi connectivity index (χ1n) is 11.0. The molecule has 0 bridgehead atoms. The first-order valence-corrected chi connectivity index (χ1v) is 12.5. The van der Waals surface area contributed by atoms with E-state index in [0.717, 1.165) is 37.3 Å². The quantitative estimate of drug-likeness (QED) is 0.535. The molecule has 5 rings (SSSR count). The Labute approximate surface area is 197 Å². The maximum Gasteiger partial charge on any atom is 0.255 e. The van der Waals surface area contributed by atoms with Crippen LogP contribution in [0.5, 0.6) is 11.5 Å². The van der Waals surface area contributed by atoms with Gasteiger partial charge in [0.1, 0.15) is 5.82 Å². The van der Waals surface area contributed by atoms with Gasteiger partial charge in [0, 0.05) is 25.2 Å². The highest BCUT2D eigenvalue weighted by molar-refractivity contribution is 7.89. The van der Waals surface area contributed by atoms with E-state index in [2.05, 4.69) is 19.9 Å². The number of benzene rings is 2. The van der Waals surface area contributed by atoms with Gasteiger partial charge in [0.05, 0.1) is 16.8 Å². The van der Waals surface area contributed by atoms with Crippen molar-refractivity contribution in [3.8, 4) is 11.5 Å². The van der Waals surface area contributed by atoms with Crippen LogP contribution in [-0.2, 0) is 16.6 Å². The smallest absolute Gasteiger partial charge is 0.255 e. The molecule has 2 aliphatic heterocycles. The highest BCUT2D eigenvalue weighted by atomic mass is 32.2. The average molecular weight is 481 g/mol. The van der Waals surface area contributed by atoms with Gasteiger partial charge in [0.15, 0.2) is 11.5 Å². The maximum atomic E-state index is 12.8. The zero-order valence-electron chi connectivity index (χ0n) is 18.4. The molecule has 3 heterocycles. The third-order valence-corrected chi connectivity index (χ3v) is 7.14. The summed E-state index contributed by atoms with van der Waals surface area (Å²) in [6, 6.07) is 14.8. The van der Waals surface area contributed by atoms with Gasteiger partial charge in [-0.05, 0) is 60.9 Å². The summed E-state index contributed by atoms with van der Waals surface area (Å²) < 4.78 is 38.8. The van der Waals surface area contributed by atoms with Crippen LogP contribution in [0.2, 0.25) is 0 Å². The summed E-state index contributed by atoms with van der Waals surface area (Å²) in [5.41, 5.74) is 1.50. The van der Waals surface area contributed by atoms with Crippen LogP contribution in [0.15, 0.2) is 65.7 Å². The lowest BCUT2D eigenvalue weighted by Crippen LogP contribution is -2.23. The Balaban J connectivity index is 1.24. The average Bonchev–Trinajstić information content (AvgIpc) is 3.55. The van der Waals surface area contributed by atoms with Gasteiger partial charge in [-0.15, -0.1) is 0 Å². The number of aromatic nitrogens is 1. The van der Waals surface area contributed by atoms with E-state index in [9.17, 15) is 13.2 Å². The van der Waals surface area contributed by atoms with E-state index in [1.165, 1.54) is 12.1 Å². The number of carbonyl (C=O) groups excluding carboxylic acids is 1. The molecule has 0 aliphatic carbocycles. The van der Waals surface area contributed by atoms with E-state index in [0.29, 0.717) is 17.2 Å². The summed E-state index contributed by atoms with van der Waals surface area (Å²) in [6.45, 7) is 2.20. The lowest BCUT2D eigenvalue weighted by Gasteiger charge is -2.16. The van der Waals surface area contributed by atoms with Crippen LogP contribution in [0.4, 0.5) is 11.5 Å². The number of nitrogens with one attached hydrogen (secondary N) is 2. The number of rotatable bonds is 7. The minimum absolute atomic E-state index is 0.00315. The molecule has 1 amide bonds. The Bertz CT molecular complexity index is 1310. The van der Waals surface area contributed by atoms with Gasteiger partial charge in [-0.2, -0.15) is 0 Å². The number of hydrogen-bond acceptors (Lipinski definition) is 7. The lowest BCUT2D eigenvalue weighted by atomic mass is 10.2. The van der Waals surface area contributed by atoms with Crippen molar-refractivity contribution in [3.63, 3.8) is 0 Å². The molecule has 176 valence electrons. The monoisotopic (exact) mass is 480 g/mol. The van der Waals surface area contributed by atoms with Gasteiger partial charge in [0.2, 0.25) is 16.8 Å². The molecule has 9 nitrogen and oxygen atoms in total. The summed E-state index contributed by atoms with van der Waals surface area (Å²) >= 11 is 0. The number of amides is 1. The molecule has 2 aromatic carbocycles. The number of ether oxygens (including phenoxy) is 2. The number of sulfonamides is 1. The van der Waals surface area contributed by atoms with Crippen LogP contribution in [-0.4, -0.2) is 39.2 Å². The Morgan fingerprint density at radius 2 is 1.82 bits per heavy atom. The summed E-state index contributed by atoms with van der Waals surface area (Å²) in [7, 11) is -3.84. The maximum absolute atomic E-state index is 12.8. The van der Waals surface area contributed by atoms with Crippen LogP contribution < -0.4 is 24.4 Å². The van der Waals surface area contributed by atoms with Crippen molar-refractivity contribution < 1.29 is 22.7 Å². The number of pyridine rings is 1. The molecule has 0 atom stereocenters. The fraction of sp³-hybridized carbons (Fsp3) is 0.250. The summed E-state index contributed by atoms with van der Waals surface area (Å²) in [5.74, 6) is 1.69. The van der Waals surface area contributed by atoms with Crippen molar-refractivity contribution in [2.24, 2.45) is 0 Å². The molecule has 0 radical (unpaired) electrons. The van der Waals surface area contributed by atoms with E-state index in [1.807, 2.05) is 6.07 Å². The minimum atomic E-state index is -3.84. The third-order valence-electron chi connectivity index (χ3n) is 5.75. The normalized spacial score (nSPS) is 14.9. The van der Waals surface area contributed by atoms with E-state index in [1.54, 1.807) is 42.6 Å². The Kier molecular flexibility index (Phi) is 6.08. The predicted molar refractivity (Wildman–Crippen MR) is 127 cm³/mol. The van der Waals surface area contributed by atoms with Crippen molar-refractivity contribution >= 4 is 27.4 Å². The highest BCUT2D eigenvalue weighted by Crippen LogP contribution is 2.32. The van der Waals surface area contributed by atoms with Crippen LogP contribution in [0, 0.1) is 0 Å². The second-order valence-electron chi connectivity index (χ2n) is 8.09. The largest absolute Gasteiger partial charge is 0.454 e. The van der Waals surface area contributed by atoms with Crippen molar-refractivity contribution in [2.45, 2.75) is 24.3 Å². The van der Waals surface area contributed by atoms with E-state index < -0.39 is 15.9 Å².